The van der Waals surface area contributed by atoms with Gasteiger partial charge in [0.05, 0.1) is 0 Å². The Hall–Kier alpha value is -1.31. The second-order valence-electron chi connectivity index (χ2n) is 7.62. The third kappa shape index (κ3) is 1.97. The zero-order chi connectivity index (χ0) is 13.7. The number of amides is 1. The first-order chi connectivity index (χ1) is 9.63. The van der Waals surface area contributed by atoms with Crippen molar-refractivity contribution in [2.45, 2.75) is 44.9 Å². The van der Waals surface area contributed by atoms with Crippen LogP contribution < -0.4 is 5.73 Å². The molecule has 1 aromatic carbocycles. The molecule has 20 heavy (non-hydrogen) atoms. The summed E-state index contributed by atoms with van der Waals surface area (Å²) >= 11 is 0. The van der Waals surface area contributed by atoms with Gasteiger partial charge in [-0.05, 0) is 79.7 Å². The highest BCUT2D eigenvalue weighted by Gasteiger charge is 2.50. The first-order valence-electron chi connectivity index (χ1n) is 8.01. The predicted octanol–water partition coefficient (Wildman–Crippen LogP) is 3.54. The lowest BCUT2D eigenvalue weighted by atomic mass is 9.48. The van der Waals surface area contributed by atoms with Gasteiger partial charge >= 0.3 is 0 Å². The average molecular weight is 269 g/mol. The van der Waals surface area contributed by atoms with Crippen LogP contribution in [0.3, 0.4) is 0 Å². The van der Waals surface area contributed by atoms with Crippen molar-refractivity contribution in [1.82, 2.24) is 0 Å². The normalized spacial score (nSPS) is 38.1. The molecular weight excluding hydrogens is 246 g/mol. The van der Waals surface area contributed by atoms with Crippen LogP contribution >= 0.6 is 0 Å². The van der Waals surface area contributed by atoms with Crippen LogP contribution in [0.4, 0.5) is 0 Å². The molecule has 0 saturated heterocycles. The summed E-state index contributed by atoms with van der Waals surface area (Å²) in [6, 6.07) is 7.96. The second-order valence-corrected chi connectivity index (χ2v) is 7.62. The number of carbonyl (C=O) groups excluding carboxylic acids is 1. The first kappa shape index (κ1) is 12.4. The van der Waals surface area contributed by atoms with E-state index in [1.54, 1.807) is 0 Å². The Balaban J connectivity index is 1.64. The van der Waals surface area contributed by atoms with Crippen molar-refractivity contribution >= 4 is 5.91 Å². The van der Waals surface area contributed by atoms with Crippen molar-refractivity contribution in [3.63, 3.8) is 0 Å². The zero-order valence-corrected chi connectivity index (χ0v) is 12.0. The van der Waals surface area contributed by atoms with Gasteiger partial charge in [-0.25, -0.2) is 0 Å². The molecule has 0 aliphatic heterocycles. The number of nitrogens with two attached hydrogens (primary N) is 1. The van der Waals surface area contributed by atoms with Gasteiger partial charge in [-0.3, -0.25) is 4.79 Å². The van der Waals surface area contributed by atoms with E-state index in [9.17, 15) is 4.79 Å². The lowest BCUT2D eigenvalue weighted by Crippen LogP contribution is -2.47. The number of hydrogen-bond acceptors (Lipinski definition) is 1. The fraction of sp³-hybridized carbons (Fsp3) is 0.611. The summed E-state index contributed by atoms with van der Waals surface area (Å²) in [7, 11) is 0. The van der Waals surface area contributed by atoms with Crippen LogP contribution in [0.15, 0.2) is 24.3 Å². The molecule has 1 amide bonds. The molecule has 4 bridgehead atoms. The molecule has 1 aromatic rings. The van der Waals surface area contributed by atoms with Crippen LogP contribution in [0.5, 0.6) is 0 Å². The monoisotopic (exact) mass is 269 g/mol. The molecule has 4 fully saturated rings. The van der Waals surface area contributed by atoms with Gasteiger partial charge in [-0.1, -0.05) is 18.2 Å². The van der Waals surface area contributed by atoms with Crippen molar-refractivity contribution in [3.8, 4) is 0 Å². The second kappa shape index (κ2) is 4.34. The van der Waals surface area contributed by atoms with Crippen LogP contribution in [0.1, 0.15) is 54.4 Å². The highest BCUT2D eigenvalue weighted by Crippen LogP contribution is 2.61. The van der Waals surface area contributed by atoms with Crippen LogP contribution in [0.25, 0.3) is 0 Å². The molecule has 4 aliphatic carbocycles. The molecule has 0 radical (unpaired) electrons. The van der Waals surface area contributed by atoms with Gasteiger partial charge in [0.1, 0.15) is 0 Å². The standard InChI is InChI=1S/C18H23NO/c19-17(20)16-4-2-1-3-15(16)11-18-8-12-5-13(9-18)7-14(6-12)10-18/h1-4,12-14H,5-11H2,(H2,19,20). The van der Waals surface area contributed by atoms with Gasteiger partial charge in [-0.15, -0.1) is 0 Å². The molecule has 106 valence electrons. The van der Waals surface area contributed by atoms with E-state index >= 15 is 0 Å². The maximum Gasteiger partial charge on any atom is 0.248 e. The van der Waals surface area contributed by atoms with Crippen LogP contribution in [0, 0.1) is 23.2 Å². The molecule has 4 saturated carbocycles. The summed E-state index contributed by atoms with van der Waals surface area (Å²) in [6.07, 6.45) is 9.62. The Morgan fingerprint density at radius 2 is 1.60 bits per heavy atom. The van der Waals surface area contributed by atoms with E-state index in [-0.39, 0.29) is 5.91 Å². The Kier molecular flexibility index (Phi) is 2.70. The number of carbonyl (C=O) groups is 1. The molecule has 0 unspecified atom stereocenters. The zero-order valence-electron chi connectivity index (χ0n) is 12.0. The lowest BCUT2D eigenvalue weighted by molar-refractivity contribution is -0.0522. The van der Waals surface area contributed by atoms with Gasteiger partial charge in [0.25, 0.3) is 0 Å². The van der Waals surface area contributed by atoms with Crippen LogP contribution in [0.2, 0.25) is 0 Å². The molecule has 5 rings (SSSR count). The minimum Gasteiger partial charge on any atom is -0.366 e. The maximum absolute atomic E-state index is 11.6. The molecule has 0 aromatic heterocycles. The van der Waals surface area contributed by atoms with E-state index in [1.807, 2.05) is 18.2 Å². The summed E-state index contributed by atoms with van der Waals surface area (Å²) in [6.45, 7) is 0. The van der Waals surface area contributed by atoms with E-state index in [2.05, 4.69) is 6.07 Å². The van der Waals surface area contributed by atoms with Gasteiger partial charge in [0, 0.05) is 5.56 Å². The Labute approximate surface area is 120 Å². The molecular formula is C18H23NO. The third-order valence-electron chi connectivity index (χ3n) is 6.01. The van der Waals surface area contributed by atoms with Crippen LogP contribution in [-0.4, -0.2) is 5.91 Å². The summed E-state index contributed by atoms with van der Waals surface area (Å²) in [5.41, 5.74) is 7.94. The van der Waals surface area contributed by atoms with Gasteiger partial charge in [0.2, 0.25) is 5.91 Å². The van der Waals surface area contributed by atoms with E-state index in [4.69, 9.17) is 5.73 Å². The van der Waals surface area contributed by atoms with Gasteiger partial charge in [0.15, 0.2) is 0 Å². The molecule has 2 nitrogen and oxygen atoms in total. The van der Waals surface area contributed by atoms with Gasteiger partial charge in [-0.2, -0.15) is 0 Å². The van der Waals surface area contributed by atoms with Crippen molar-refractivity contribution in [3.05, 3.63) is 35.4 Å². The summed E-state index contributed by atoms with van der Waals surface area (Å²) in [4.78, 5) is 11.6. The van der Waals surface area contributed by atoms with Crippen molar-refractivity contribution < 1.29 is 4.79 Å². The molecule has 2 N–H and O–H groups in total. The topological polar surface area (TPSA) is 43.1 Å². The number of hydrogen-bond donors (Lipinski definition) is 1. The first-order valence-corrected chi connectivity index (χ1v) is 8.01. The fourth-order valence-corrected chi connectivity index (χ4v) is 5.83. The van der Waals surface area contributed by atoms with Crippen molar-refractivity contribution in [1.29, 1.82) is 0 Å². The Morgan fingerprint density at radius 3 is 2.15 bits per heavy atom. The highest BCUT2D eigenvalue weighted by molar-refractivity contribution is 5.94. The Morgan fingerprint density at radius 1 is 1.05 bits per heavy atom. The smallest absolute Gasteiger partial charge is 0.248 e. The summed E-state index contributed by atoms with van der Waals surface area (Å²) in [5, 5.41) is 0. The van der Waals surface area contributed by atoms with E-state index in [0.29, 0.717) is 5.41 Å². The summed E-state index contributed by atoms with van der Waals surface area (Å²) in [5.74, 6) is 2.61. The summed E-state index contributed by atoms with van der Waals surface area (Å²) < 4.78 is 0. The van der Waals surface area contributed by atoms with Crippen molar-refractivity contribution in [2.75, 3.05) is 0 Å². The third-order valence-corrected chi connectivity index (χ3v) is 6.01. The quantitative estimate of drug-likeness (QED) is 0.896. The fourth-order valence-electron chi connectivity index (χ4n) is 5.83. The lowest BCUT2D eigenvalue weighted by Gasteiger charge is -2.57. The van der Waals surface area contributed by atoms with E-state index in [1.165, 1.54) is 44.1 Å². The van der Waals surface area contributed by atoms with E-state index in [0.717, 1.165) is 29.7 Å². The minimum absolute atomic E-state index is 0.273. The highest BCUT2D eigenvalue weighted by atomic mass is 16.1. The largest absolute Gasteiger partial charge is 0.366 e. The maximum atomic E-state index is 11.6. The minimum atomic E-state index is -0.273. The van der Waals surface area contributed by atoms with E-state index < -0.39 is 0 Å². The molecule has 4 aliphatic rings. The SMILES string of the molecule is NC(=O)c1ccccc1CC12CC3CC(CC(C3)C1)C2. The van der Waals surface area contributed by atoms with Crippen molar-refractivity contribution in [2.24, 2.45) is 28.9 Å². The molecule has 0 spiro atoms. The Bertz CT molecular complexity index is 513. The predicted molar refractivity (Wildman–Crippen MR) is 79.3 cm³/mol. The molecule has 0 atom stereocenters. The molecule has 0 heterocycles. The van der Waals surface area contributed by atoms with Gasteiger partial charge < -0.3 is 5.73 Å². The number of benzene rings is 1. The number of rotatable bonds is 3. The average Bonchev–Trinajstić information content (AvgIpc) is 2.36. The van der Waals surface area contributed by atoms with Crippen LogP contribution in [-0.2, 0) is 6.42 Å². The number of primary amides is 1. The molecule has 2 heteroatoms.